The second-order valence-electron chi connectivity index (χ2n) is 6.78. The van der Waals surface area contributed by atoms with Gasteiger partial charge in [0.2, 0.25) is 0 Å². The Morgan fingerprint density at radius 2 is 2.32 bits per heavy atom. The Labute approximate surface area is 133 Å². The number of para-hydroxylation sites is 1. The van der Waals surface area contributed by atoms with Crippen molar-refractivity contribution < 1.29 is 9.47 Å². The smallest absolute Gasteiger partial charge is 0.142 e. The molecule has 0 aliphatic carbocycles. The van der Waals surface area contributed by atoms with Gasteiger partial charge in [-0.15, -0.1) is 0 Å². The number of nitrogens with zero attached hydrogens (tertiary/aromatic N) is 1. The van der Waals surface area contributed by atoms with Crippen molar-refractivity contribution in [3.05, 3.63) is 23.8 Å². The largest absolute Gasteiger partial charge is 0.489 e. The predicted octanol–water partition coefficient (Wildman–Crippen LogP) is 2.78. The number of nitrogens with one attached hydrogen (secondary N) is 1. The Morgan fingerprint density at radius 1 is 1.41 bits per heavy atom. The van der Waals surface area contributed by atoms with Gasteiger partial charge in [0.05, 0.1) is 12.3 Å². The number of hydrogen-bond donors (Lipinski definition) is 1. The molecule has 0 spiro atoms. The van der Waals surface area contributed by atoms with Gasteiger partial charge in [-0.2, -0.15) is 0 Å². The van der Waals surface area contributed by atoms with Gasteiger partial charge in [0, 0.05) is 26.2 Å². The Morgan fingerprint density at radius 3 is 3.18 bits per heavy atom. The fraction of sp³-hybridized carbons (Fsp3) is 0.667. The Hall–Kier alpha value is -1.26. The van der Waals surface area contributed by atoms with Crippen molar-refractivity contribution in [2.24, 2.45) is 5.92 Å². The highest BCUT2D eigenvalue weighted by molar-refractivity contribution is 5.63. The molecule has 1 fully saturated rings. The van der Waals surface area contributed by atoms with E-state index >= 15 is 0 Å². The van der Waals surface area contributed by atoms with Crippen LogP contribution in [0.2, 0.25) is 0 Å². The molecular weight excluding hydrogens is 276 g/mol. The molecule has 0 radical (unpaired) electrons. The molecule has 4 heteroatoms. The molecule has 122 valence electrons. The summed E-state index contributed by atoms with van der Waals surface area (Å²) in [5.41, 5.74) is 2.55. The number of benzene rings is 1. The average Bonchev–Trinajstić information content (AvgIpc) is 2.52. The third-order valence-electron chi connectivity index (χ3n) is 4.31. The lowest BCUT2D eigenvalue weighted by molar-refractivity contribution is -0.0504. The first kappa shape index (κ1) is 15.6. The molecule has 0 aromatic heterocycles. The highest BCUT2D eigenvalue weighted by Gasteiger charge is 2.22. The molecule has 0 amide bonds. The number of morpholine rings is 1. The Bertz CT molecular complexity index is 490. The second kappa shape index (κ2) is 7.34. The lowest BCUT2D eigenvalue weighted by Gasteiger charge is -2.34. The number of rotatable bonds is 5. The SMILES string of the molecule is CC(C)CN1CCOC(COc2cccc3c2NCCC3)C1. The molecule has 1 atom stereocenters. The fourth-order valence-electron chi connectivity index (χ4n) is 3.34. The summed E-state index contributed by atoms with van der Waals surface area (Å²) in [7, 11) is 0. The number of anilines is 1. The third-order valence-corrected chi connectivity index (χ3v) is 4.31. The topological polar surface area (TPSA) is 33.7 Å². The van der Waals surface area contributed by atoms with Crippen LogP contribution in [0.5, 0.6) is 5.75 Å². The first-order valence-corrected chi connectivity index (χ1v) is 8.55. The van der Waals surface area contributed by atoms with Gasteiger partial charge in [0.25, 0.3) is 0 Å². The van der Waals surface area contributed by atoms with Crippen LogP contribution in [0.25, 0.3) is 0 Å². The van der Waals surface area contributed by atoms with Gasteiger partial charge in [0.15, 0.2) is 0 Å². The maximum atomic E-state index is 6.08. The number of ether oxygens (including phenoxy) is 2. The van der Waals surface area contributed by atoms with Gasteiger partial charge in [0.1, 0.15) is 18.5 Å². The van der Waals surface area contributed by atoms with Crippen LogP contribution >= 0.6 is 0 Å². The molecule has 0 saturated carbocycles. The van der Waals surface area contributed by atoms with Crippen LogP contribution in [0, 0.1) is 5.92 Å². The van der Waals surface area contributed by atoms with Crippen molar-refractivity contribution in [2.75, 3.05) is 44.7 Å². The summed E-state index contributed by atoms with van der Waals surface area (Å²) in [4.78, 5) is 2.49. The predicted molar refractivity (Wildman–Crippen MR) is 89.8 cm³/mol. The Balaban J connectivity index is 1.56. The molecule has 22 heavy (non-hydrogen) atoms. The molecule has 2 aliphatic rings. The quantitative estimate of drug-likeness (QED) is 0.907. The van der Waals surface area contributed by atoms with Crippen molar-refractivity contribution >= 4 is 5.69 Å². The van der Waals surface area contributed by atoms with E-state index in [9.17, 15) is 0 Å². The van der Waals surface area contributed by atoms with Crippen LogP contribution in [-0.2, 0) is 11.2 Å². The van der Waals surface area contributed by atoms with Crippen LogP contribution in [0.4, 0.5) is 5.69 Å². The summed E-state index contributed by atoms with van der Waals surface area (Å²) in [5, 5.41) is 3.48. The van der Waals surface area contributed by atoms with Crippen molar-refractivity contribution in [3.8, 4) is 5.75 Å². The van der Waals surface area contributed by atoms with Gasteiger partial charge in [-0.25, -0.2) is 0 Å². The first-order valence-electron chi connectivity index (χ1n) is 8.55. The average molecular weight is 304 g/mol. The van der Waals surface area contributed by atoms with E-state index < -0.39 is 0 Å². The molecule has 1 N–H and O–H groups in total. The zero-order valence-corrected chi connectivity index (χ0v) is 13.8. The molecule has 1 unspecified atom stereocenters. The molecule has 1 aromatic rings. The molecule has 3 rings (SSSR count). The molecule has 1 saturated heterocycles. The maximum Gasteiger partial charge on any atom is 0.142 e. The molecular formula is C18H28N2O2. The lowest BCUT2D eigenvalue weighted by Crippen LogP contribution is -2.46. The highest BCUT2D eigenvalue weighted by Crippen LogP contribution is 2.32. The summed E-state index contributed by atoms with van der Waals surface area (Å²) < 4.78 is 12.0. The van der Waals surface area contributed by atoms with E-state index in [0.717, 1.165) is 45.0 Å². The Kier molecular flexibility index (Phi) is 5.21. The van der Waals surface area contributed by atoms with Gasteiger partial charge in [-0.05, 0) is 30.4 Å². The van der Waals surface area contributed by atoms with Gasteiger partial charge in [-0.3, -0.25) is 4.90 Å². The third kappa shape index (κ3) is 3.93. The van der Waals surface area contributed by atoms with Crippen molar-refractivity contribution in [1.29, 1.82) is 0 Å². The maximum absolute atomic E-state index is 6.08. The van der Waals surface area contributed by atoms with Crippen LogP contribution in [0.3, 0.4) is 0 Å². The monoisotopic (exact) mass is 304 g/mol. The number of hydrogen-bond acceptors (Lipinski definition) is 4. The summed E-state index contributed by atoms with van der Waals surface area (Å²) >= 11 is 0. The van der Waals surface area contributed by atoms with E-state index in [4.69, 9.17) is 9.47 Å². The molecule has 0 bridgehead atoms. The zero-order valence-electron chi connectivity index (χ0n) is 13.8. The van der Waals surface area contributed by atoms with Gasteiger partial charge >= 0.3 is 0 Å². The number of fused-ring (bicyclic) bond motifs is 1. The van der Waals surface area contributed by atoms with E-state index in [1.807, 2.05) is 0 Å². The van der Waals surface area contributed by atoms with Crippen LogP contribution in [0.1, 0.15) is 25.8 Å². The molecule has 2 heterocycles. The van der Waals surface area contributed by atoms with Gasteiger partial charge in [-0.1, -0.05) is 26.0 Å². The van der Waals surface area contributed by atoms with Crippen LogP contribution < -0.4 is 10.1 Å². The number of aryl methyl sites for hydroxylation is 1. The minimum absolute atomic E-state index is 0.173. The van der Waals surface area contributed by atoms with E-state index in [1.54, 1.807) is 0 Å². The summed E-state index contributed by atoms with van der Waals surface area (Å²) in [6, 6.07) is 6.34. The molecule has 4 nitrogen and oxygen atoms in total. The van der Waals surface area contributed by atoms with E-state index in [0.29, 0.717) is 12.5 Å². The minimum atomic E-state index is 0.173. The standard InChI is InChI=1S/C18H28N2O2/c1-14(2)11-20-9-10-21-16(12-20)13-22-17-7-3-5-15-6-4-8-19-18(15)17/h3,5,7,14,16,19H,4,6,8-13H2,1-2H3. The summed E-state index contributed by atoms with van der Waals surface area (Å²) in [6.07, 6.45) is 2.51. The van der Waals surface area contributed by atoms with Gasteiger partial charge < -0.3 is 14.8 Å². The van der Waals surface area contributed by atoms with E-state index in [-0.39, 0.29) is 6.10 Å². The van der Waals surface area contributed by atoms with Crippen molar-refractivity contribution in [3.63, 3.8) is 0 Å². The summed E-state index contributed by atoms with van der Waals surface area (Å²) in [5.74, 6) is 1.67. The van der Waals surface area contributed by atoms with E-state index in [1.165, 1.54) is 17.7 Å². The minimum Gasteiger partial charge on any atom is -0.489 e. The first-order chi connectivity index (χ1) is 10.7. The summed E-state index contributed by atoms with van der Waals surface area (Å²) in [6.45, 7) is 10.2. The van der Waals surface area contributed by atoms with E-state index in [2.05, 4.69) is 42.3 Å². The highest BCUT2D eigenvalue weighted by atomic mass is 16.5. The fourth-order valence-corrected chi connectivity index (χ4v) is 3.34. The van der Waals surface area contributed by atoms with Crippen LogP contribution in [0.15, 0.2) is 18.2 Å². The lowest BCUT2D eigenvalue weighted by atomic mass is 10.0. The zero-order chi connectivity index (χ0) is 15.4. The normalized spacial score (nSPS) is 22.2. The van der Waals surface area contributed by atoms with Crippen molar-refractivity contribution in [2.45, 2.75) is 32.8 Å². The molecule has 2 aliphatic heterocycles. The second-order valence-corrected chi connectivity index (χ2v) is 6.78. The van der Waals surface area contributed by atoms with Crippen molar-refractivity contribution in [1.82, 2.24) is 4.90 Å². The van der Waals surface area contributed by atoms with Crippen LogP contribution in [-0.4, -0.2) is 50.4 Å². The molecule has 1 aromatic carbocycles.